The van der Waals surface area contributed by atoms with Crippen molar-refractivity contribution in [3.8, 4) is 0 Å². The average Bonchev–Trinajstić information content (AvgIpc) is 2.31. The summed E-state index contributed by atoms with van der Waals surface area (Å²) in [5.41, 5.74) is 0.308. The third-order valence-electron chi connectivity index (χ3n) is 1.99. The normalized spacial score (nSPS) is 9.67. The van der Waals surface area contributed by atoms with Crippen LogP contribution in [-0.2, 0) is 9.59 Å². The fourth-order valence-corrected chi connectivity index (χ4v) is 1.69. The zero-order valence-corrected chi connectivity index (χ0v) is 11.0. The monoisotopic (exact) mass is 286 g/mol. The Morgan fingerprint density at radius 3 is 2.39 bits per heavy atom. The van der Waals surface area contributed by atoms with Gasteiger partial charge in [-0.05, 0) is 12.1 Å². The number of carbonyl (C=O) groups excluding carboxylic acids is 2. The fourth-order valence-electron chi connectivity index (χ4n) is 1.20. The van der Waals surface area contributed by atoms with E-state index in [-0.39, 0.29) is 6.42 Å². The van der Waals surface area contributed by atoms with E-state index < -0.39 is 11.8 Å². The van der Waals surface area contributed by atoms with Crippen molar-refractivity contribution in [2.75, 3.05) is 11.9 Å². The minimum absolute atomic E-state index is 0.296. The lowest BCUT2D eigenvalue weighted by molar-refractivity contribution is -0.126. The average molecular weight is 287 g/mol. The summed E-state index contributed by atoms with van der Waals surface area (Å²) in [6.07, 6.45) is 1.23. The number of hydrogen-bond donors (Lipinski definition) is 2. The number of carbonyl (C=O) groups is 2. The van der Waals surface area contributed by atoms with Gasteiger partial charge < -0.3 is 10.6 Å². The molecule has 0 aromatic heterocycles. The molecule has 1 aromatic rings. The van der Waals surface area contributed by atoms with E-state index in [0.29, 0.717) is 22.3 Å². The number of hydrogen-bond acceptors (Lipinski definition) is 2. The van der Waals surface area contributed by atoms with Crippen LogP contribution in [0.25, 0.3) is 0 Å². The SMILES string of the molecule is C=CCNC(=O)CC(=O)Nc1c(Cl)cccc1Cl. The molecule has 0 spiro atoms. The van der Waals surface area contributed by atoms with E-state index in [4.69, 9.17) is 23.2 Å². The molecule has 0 bridgehead atoms. The molecule has 2 N–H and O–H groups in total. The Morgan fingerprint density at radius 1 is 1.22 bits per heavy atom. The molecule has 0 unspecified atom stereocenters. The zero-order valence-electron chi connectivity index (χ0n) is 9.50. The number of halogens is 2. The summed E-state index contributed by atoms with van der Waals surface area (Å²) < 4.78 is 0. The van der Waals surface area contributed by atoms with Crippen molar-refractivity contribution in [3.63, 3.8) is 0 Å². The third-order valence-corrected chi connectivity index (χ3v) is 2.62. The van der Waals surface area contributed by atoms with Crippen molar-refractivity contribution >= 4 is 40.7 Å². The predicted molar refractivity (Wildman–Crippen MR) is 72.9 cm³/mol. The Hall–Kier alpha value is -1.52. The highest BCUT2D eigenvalue weighted by atomic mass is 35.5. The number of amides is 2. The van der Waals surface area contributed by atoms with Gasteiger partial charge in [-0.15, -0.1) is 6.58 Å². The maximum Gasteiger partial charge on any atom is 0.233 e. The molecule has 0 heterocycles. The lowest BCUT2D eigenvalue weighted by atomic mass is 10.3. The van der Waals surface area contributed by atoms with Gasteiger partial charge in [-0.3, -0.25) is 9.59 Å². The van der Waals surface area contributed by atoms with Crippen LogP contribution in [0, 0.1) is 0 Å². The quantitative estimate of drug-likeness (QED) is 0.646. The number of benzene rings is 1. The van der Waals surface area contributed by atoms with Gasteiger partial charge in [-0.1, -0.05) is 35.3 Å². The molecular formula is C12H12Cl2N2O2. The largest absolute Gasteiger partial charge is 0.352 e. The topological polar surface area (TPSA) is 58.2 Å². The number of para-hydroxylation sites is 1. The number of rotatable bonds is 5. The van der Waals surface area contributed by atoms with Gasteiger partial charge in [-0.2, -0.15) is 0 Å². The fraction of sp³-hybridized carbons (Fsp3) is 0.167. The van der Waals surface area contributed by atoms with Crippen LogP contribution in [0.1, 0.15) is 6.42 Å². The molecule has 0 aliphatic rings. The first-order chi connectivity index (χ1) is 8.54. The van der Waals surface area contributed by atoms with Crippen molar-refractivity contribution in [2.45, 2.75) is 6.42 Å². The molecule has 0 atom stereocenters. The summed E-state index contributed by atoms with van der Waals surface area (Å²) in [5, 5.41) is 5.63. The molecule has 0 fully saturated rings. The molecule has 1 aromatic carbocycles. The highest BCUT2D eigenvalue weighted by Gasteiger charge is 2.12. The van der Waals surface area contributed by atoms with Crippen LogP contribution in [0.3, 0.4) is 0 Å². The summed E-state index contributed by atoms with van der Waals surface area (Å²) >= 11 is 11.8. The van der Waals surface area contributed by atoms with Gasteiger partial charge >= 0.3 is 0 Å². The van der Waals surface area contributed by atoms with Crippen molar-refractivity contribution in [1.82, 2.24) is 5.32 Å². The summed E-state index contributed by atoms with van der Waals surface area (Å²) in [5.74, 6) is -0.873. The standard InChI is InChI=1S/C12H12Cl2N2O2/c1-2-6-15-10(17)7-11(18)16-12-8(13)4-3-5-9(12)14/h2-5H,1,6-7H2,(H,15,17)(H,16,18). The second-order valence-electron chi connectivity index (χ2n) is 3.41. The molecule has 0 aliphatic carbocycles. The van der Waals surface area contributed by atoms with E-state index in [1.165, 1.54) is 6.08 Å². The molecule has 0 saturated heterocycles. The maximum absolute atomic E-state index is 11.6. The molecular weight excluding hydrogens is 275 g/mol. The van der Waals surface area contributed by atoms with Crippen molar-refractivity contribution in [1.29, 1.82) is 0 Å². The summed E-state index contributed by atoms with van der Waals surface area (Å²) in [6.45, 7) is 3.77. The summed E-state index contributed by atoms with van der Waals surface area (Å²) in [7, 11) is 0. The maximum atomic E-state index is 11.6. The van der Waals surface area contributed by atoms with E-state index in [0.717, 1.165) is 0 Å². The third kappa shape index (κ3) is 4.39. The Morgan fingerprint density at radius 2 is 1.83 bits per heavy atom. The Labute approximate surface area is 115 Å². The molecule has 4 nitrogen and oxygen atoms in total. The van der Waals surface area contributed by atoms with E-state index in [1.54, 1.807) is 18.2 Å². The number of anilines is 1. The molecule has 1 rings (SSSR count). The smallest absolute Gasteiger partial charge is 0.233 e. The highest BCUT2D eigenvalue weighted by molar-refractivity contribution is 6.39. The van der Waals surface area contributed by atoms with Crippen LogP contribution in [-0.4, -0.2) is 18.4 Å². The van der Waals surface area contributed by atoms with Crippen molar-refractivity contribution in [3.05, 3.63) is 40.9 Å². The van der Waals surface area contributed by atoms with Gasteiger partial charge in [0.25, 0.3) is 0 Å². The Kier molecular flexibility index (Phi) is 5.68. The Balaban J connectivity index is 2.60. The van der Waals surface area contributed by atoms with Gasteiger partial charge in [0.05, 0.1) is 15.7 Å². The second-order valence-corrected chi connectivity index (χ2v) is 4.23. The minimum atomic E-state index is -0.480. The van der Waals surface area contributed by atoms with Gasteiger partial charge in [-0.25, -0.2) is 0 Å². The van der Waals surface area contributed by atoms with E-state index >= 15 is 0 Å². The first-order valence-electron chi connectivity index (χ1n) is 5.16. The molecule has 6 heteroatoms. The highest BCUT2D eigenvalue weighted by Crippen LogP contribution is 2.29. The second kappa shape index (κ2) is 7.03. The van der Waals surface area contributed by atoms with E-state index in [2.05, 4.69) is 17.2 Å². The van der Waals surface area contributed by atoms with Gasteiger partial charge in [0.15, 0.2) is 0 Å². The van der Waals surface area contributed by atoms with Crippen LogP contribution in [0.5, 0.6) is 0 Å². The minimum Gasteiger partial charge on any atom is -0.352 e. The lowest BCUT2D eigenvalue weighted by Gasteiger charge is -2.08. The molecule has 2 amide bonds. The van der Waals surface area contributed by atoms with E-state index in [1.807, 2.05) is 0 Å². The van der Waals surface area contributed by atoms with Crippen LogP contribution >= 0.6 is 23.2 Å². The van der Waals surface area contributed by atoms with Gasteiger partial charge in [0.2, 0.25) is 11.8 Å². The number of nitrogens with one attached hydrogen (secondary N) is 2. The first kappa shape index (κ1) is 14.5. The first-order valence-corrected chi connectivity index (χ1v) is 5.91. The summed E-state index contributed by atoms with van der Waals surface area (Å²) in [4.78, 5) is 22.9. The molecule has 18 heavy (non-hydrogen) atoms. The van der Waals surface area contributed by atoms with Crippen LogP contribution in [0.2, 0.25) is 10.0 Å². The van der Waals surface area contributed by atoms with Gasteiger partial charge in [0.1, 0.15) is 6.42 Å². The predicted octanol–water partition coefficient (Wildman–Crippen LogP) is 2.62. The summed E-state index contributed by atoms with van der Waals surface area (Å²) in [6, 6.07) is 4.86. The van der Waals surface area contributed by atoms with Crippen LogP contribution < -0.4 is 10.6 Å². The molecule has 96 valence electrons. The Bertz CT molecular complexity index is 455. The van der Waals surface area contributed by atoms with Crippen molar-refractivity contribution in [2.24, 2.45) is 0 Å². The van der Waals surface area contributed by atoms with Crippen LogP contribution in [0.4, 0.5) is 5.69 Å². The zero-order chi connectivity index (χ0) is 13.5. The van der Waals surface area contributed by atoms with Crippen LogP contribution in [0.15, 0.2) is 30.9 Å². The molecule has 0 aliphatic heterocycles. The molecule has 0 radical (unpaired) electrons. The van der Waals surface area contributed by atoms with Gasteiger partial charge in [0, 0.05) is 6.54 Å². The molecule has 0 saturated carbocycles. The lowest BCUT2D eigenvalue weighted by Crippen LogP contribution is -2.28. The van der Waals surface area contributed by atoms with Crippen molar-refractivity contribution < 1.29 is 9.59 Å². The van der Waals surface area contributed by atoms with E-state index in [9.17, 15) is 9.59 Å².